The quantitative estimate of drug-likeness (QED) is 0.824. The van der Waals surface area contributed by atoms with Gasteiger partial charge in [-0.15, -0.1) is 0 Å². The van der Waals surface area contributed by atoms with Crippen LogP contribution < -0.4 is 4.90 Å². The molecule has 1 amide bonds. The van der Waals surface area contributed by atoms with Crippen molar-refractivity contribution < 1.29 is 4.79 Å². The van der Waals surface area contributed by atoms with Crippen LogP contribution in [0.3, 0.4) is 0 Å². The number of rotatable bonds is 2. The van der Waals surface area contributed by atoms with Gasteiger partial charge in [0.15, 0.2) is 0 Å². The lowest BCUT2D eigenvalue weighted by atomic mass is 10.2. The monoisotopic (exact) mass is 255 g/mol. The molecule has 2 aromatic rings. The molecule has 0 atom stereocenters. The predicted octanol–water partition coefficient (Wildman–Crippen LogP) is 2.09. The average molecular weight is 255 g/mol. The number of aromatic nitrogens is 2. The lowest BCUT2D eigenvalue weighted by molar-refractivity contribution is -0.119. The van der Waals surface area contributed by atoms with Gasteiger partial charge in [0, 0.05) is 17.9 Å². The zero-order chi connectivity index (χ0) is 13.4. The molecule has 0 aliphatic carbocycles. The van der Waals surface area contributed by atoms with Crippen molar-refractivity contribution >= 4 is 11.6 Å². The fourth-order valence-corrected chi connectivity index (χ4v) is 2.53. The summed E-state index contributed by atoms with van der Waals surface area (Å²) >= 11 is 0. The number of nitrogens with zero attached hydrogens (tertiary/aromatic N) is 3. The highest BCUT2D eigenvalue weighted by Crippen LogP contribution is 2.27. The first kappa shape index (κ1) is 12.0. The summed E-state index contributed by atoms with van der Waals surface area (Å²) in [6.45, 7) is 5.10. The third-order valence-electron chi connectivity index (χ3n) is 3.84. The first-order valence-electron chi connectivity index (χ1n) is 6.53. The molecule has 1 aliphatic heterocycles. The van der Waals surface area contributed by atoms with Crippen molar-refractivity contribution in [2.45, 2.75) is 26.8 Å². The van der Waals surface area contributed by atoms with Gasteiger partial charge in [0.05, 0.1) is 12.0 Å². The molecule has 98 valence electrons. The summed E-state index contributed by atoms with van der Waals surface area (Å²) in [7, 11) is 0. The van der Waals surface area contributed by atoms with Gasteiger partial charge in [-0.25, -0.2) is 4.98 Å². The highest BCUT2D eigenvalue weighted by atomic mass is 16.2. The van der Waals surface area contributed by atoms with E-state index in [0.717, 1.165) is 30.0 Å². The van der Waals surface area contributed by atoms with Gasteiger partial charge in [-0.3, -0.25) is 4.79 Å². The Morgan fingerprint density at radius 3 is 2.84 bits per heavy atom. The topological polar surface area (TPSA) is 38.1 Å². The van der Waals surface area contributed by atoms with Gasteiger partial charge in [-0.2, -0.15) is 0 Å². The molecule has 0 fully saturated rings. The minimum absolute atomic E-state index is 0.130. The number of amides is 1. The summed E-state index contributed by atoms with van der Waals surface area (Å²) in [6.07, 6.45) is 2.69. The molecule has 1 aromatic carbocycles. The Labute approximate surface area is 112 Å². The molecular formula is C15H17N3O. The number of fused-ring (bicyclic) bond motifs is 1. The first-order chi connectivity index (χ1) is 9.16. The maximum Gasteiger partial charge on any atom is 0.246 e. The van der Waals surface area contributed by atoms with E-state index in [9.17, 15) is 4.79 Å². The number of aryl methyl sites for hydroxylation is 1. The predicted molar refractivity (Wildman–Crippen MR) is 74.2 cm³/mol. The van der Waals surface area contributed by atoms with E-state index in [1.807, 2.05) is 41.5 Å². The van der Waals surface area contributed by atoms with Crippen molar-refractivity contribution in [3.8, 4) is 0 Å². The number of carbonyl (C=O) groups is 1. The van der Waals surface area contributed by atoms with Crippen LogP contribution in [-0.2, 0) is 17.8 Å². The zero-order valence-electron chi connectivity index (χ0n) is 11.3. The van der Waals surface area contributed by atoms with Crippen molar-refractivity contribution in [1.82, 2.24) is 9.55 Å². The fourth-order valence-electron chi connectivity index (χ4n) is 2.53. The maximum absolute atomic E-state index is 12.4. The second kappa shape index (κ2) is 4.53. The van der Waals surface area contributed by atoms with Crippen LogP contribution in [0.25, 0.3) is 0 Å². The molecule has 0 saturated heterocycles. The molecule has 1 aromatic heterocycles. The number of benzene rings is 1. The van der Waals surface area contributed by atoms with E-state index in [1.54, 1.807) is 6.33 Å². The number of imidazole rings is 1. The number of hydrogen-bond acceptors (Lipinski definition) is 2. The molecule has 4 nitrogen and oxygen atoms in total. The Morgan fingerprint density at radius 2 is 2.11 bits per heavy atom. The van der Waals surface area contributed by atoms with Gasteiger partial charge in [0.25, 0.3) is 0 Å². The standard InChI is InChI=1S/C15H17N3O/c1-11-12(2)17(10-16-11)9-15(19)18-8-7-13-5-3-4-6-14(13)18/h3-6,10H,7-9H2,1-2H3. The van der Waals surface area contributed by atoms with Crippen LogP contribution >= 0.6 is 0 Å². The summed E-state index contributed by atoms with van der Waals surface area (Å²) in [4.78, 5) is 18.5. The molecule has 0 saturated carbocycles. The van der Waals surface area contributed by atoms with E-state index in [4.69, 9.17) is 0 Å². The van der Waals surface area contributed by atoms with Crippen LogP contribution in [0.2, 0.25) is 0 Å². The van der Waals surface area contributed by atoms with E-state index in [0.29, 0.717) is 6.54 Å². The molecular weight excluding hydrogens is 238 g/mol. The van der Waals surface area contributed by atoms with Crippen LogP contribution in [0.15, 0.2) is 30.6 Å². The average Bonchev–Trinajstić information content (AvgIpc) is 2.97. The van der Waals surface area contributed by atoms with E-state index >= 15 is 0 Å². The molecule has 0 radical (unpaired) electrons. The lowest BCUT2D eigenvalue weighted by Crippen LogP contribution is -2.32. The van der Waals surface area contributed by atoms with Gasteiger partial charge < -0.3 is 9.47 Å². The number of anilines is 1. The second-order valence-electron chi connectivity index (χ2n) is 4.97. The number of hydrogen-bond donors (Lipinski definition) is 0. The molecule has 0 bridgehead atoms. The molecule has 1 aliphatic rings. The third-order valence-corrected chi connectivity index (χ3v) is 3.84. The van der Waals surface area contributed by atoms with Crippen LogP contribution in [0.1, 0.15) is 17.0 Å². The Morgan fingerprint density at radius 1 is 1.32 bits per heavy atom. The van der Waals surface area contributed by atoms with Gasteiger partial charge in [0.1, 0.15) is 6.54 Å². The molecule has 3 rings (SSSR count). The Hall–Kier alpha value is -2.10. The third kappa shape index (κ3) is 2.03. The highest BCUT2D eigenvalue weighted by molar-refractivity contribution is 5.95. The maximum atomic E-state index is 12.4. The summed E-state index contributed by atoms with van der Waals surface area (Å²) < 4.78 is 1.92. The van der Waals surface area contributed by atoms with Gasteiger partial charge >= 0.3 is 0 Å². The highest BCUT2D eigenvalue weighted by Gasteiger charge is 2.24. The summed E-state index contributed by atoms with van der Waals surface area (Å²) in [5, 5.41) is 0. The Bertz CT molecular complexity index is 630. The van der Waals surface area contributed by atoms with Crippen molar-refractivity contribution in [3.63, 3.8) is 0 Å². The molecule has 0 spiro atoms. The van der Waals surface area contributed by atoms with E-state index < -0.39 is 0 Å². The van der Waals surface area contributed by atoms with E-state index in [-0.39, 0.29) is 5.91 Å². The number of para-hydroxylation sites is 1. The molecule has 2 heterocycles. The first-order valence-corrected chi connectivity index (χ1v) is 6.53. The van der Waals surface area contributed by atoms with Crippen LogP contribution in [0, 0.1) is 13.8 Å². The molecule has 4 heteroatoms. The van der Waals surface area contributed by atoms with E-state index in [2.05, 4.69) is 11.1 Å². The molecule has 19 heavy (non-hydrogen) atoms. The normalized spacial score (nSPS) is 13.7. The molecule has 0 unspecified atom stereocenters. The Balaban J connectivity index is 1.81. The number of carbonyl (C=O) groups excluding carboxylic acids is 1. The SMILES string of the molecule is Cc1ncn(CC(=O)N2CCc3ccccc32)c1C. The van der Waals surface area contributed by atoms with Gasteiger partial charge in [-0.05, 0) is 31.9 Å². The van der Waals surface area contributed by atoms with Crippen molar-refractivity contribution in [1.29, 1.82) is 0 Å². The van der Waals surface area contributed by atoms with E-state index in [1.165, 1.54) is 5.56 Å². The summed E-state index contributed by atoms with van der Waals surface area (Å²) in [6, 6.07) is 8.12. The van der Waals surface area contributed by atoms with Crippen LogP contribution in [-0.4, -0.2) is 22.0 Å². The van der Waals surface area contributed by atoms with Gasteiger partial charge in [0.2, 0.25) is 5.91 Å². The summed E-state index contributed by atoms with van der Waals surface area (Å²) in [5.41, 5.74) is 4.35. The van der Waals surface area contributed by atoms with Crippen LogP contribution in [0.4, 0.5) is 5.69 Å². The van der Waals surface area contributed by atoms with Crippen molar-refractivity contribution in [3.05, 3.63) is 47.5 Å². The minimum atomic E-state index is 0.130. The fraction of sp³-hybridized carbons (Fsp3) is 0.333. The summed E-state index contributed by atoms with van der Waals surface area (Å²) in [5.74, 6) is 0.130. The second-order valence-corrected chi connectivity index (χ2v) is 4.97. The van der Waals surface area contributed by atoms with Crippen molar-refractivity contribution in [2.75, 3.05) is 11.4 Å². The molecule has 0 N–H and O–H groups in total. The Kier molecular flexibility index (Phi) is 2.85. The largest absolute Gasteiger partial charge is 0.325 e. The van der Waals surface area contributed by atoms with Crippen molar-refractivity contribution in [2.24, 2.45) is 0 Å². The minimum Gasteiger partial charge on any atom is -0.325 e. The zero-order valence-corrected chi connectivity index (χ0v) is 11.3. The smallest absolute Gasteiger partial charge is 0.246 e. The van der Waals surface area contributed by atoms with Crippen LogP contribution in [0.5, 0.6) is 0 Å². The lowest BCUT2D eigenvalue weighted by Gasteiger charge is -2.18. The van der Waals surface area contributed by atoms with Gasteiger partial charge in [-0.1, -0.05) is 18.2 Å².